The molecule has 1 nitrogen and oxygen atoms in total. The lowest BCUT2D eigenvalue weighted by atomic mass is 9.89. The predicted octanol–water partition coefficient (Wildman–Crippen LogP) is 6.17. The van der Waals surface area contributed by atoms with Crippen molar-refractivity contribution in [1.29, 1.82) is 0 Å². The maximum absolute atomic E-state index is 5.58. The first-order chi connectivity index (χ1) is 12.4. The molecule has 0 aliphatic rings. The summed E-state index contributed by atoms with van der Waals surface area (Å²) >= 11 is 0. The highest BCUT2D eigenvalue weighted by Gasteiger charge is 2.09. The molecule has 0 bridgehead atoms. The summed E-state index contributed by atoms with van der Waals surface area (Å²) in [6.07, 6.45) is 13.0. The Balaban J connectivity index is 1.75. The number of aryl methyl sites for hydroxylation is 2. The zero-order valence-electron chi connectivity index (χ0n) is 15.7. The molecule has 1 heteroatoms. The molecule has 0 saturated heterocycles. The molecule has 0 radical (unpaired) electrons. The summed E-state index contributed by atoms with van der Waals surface area (Å²) in [5.41, 5.74) is 8.54. The van der Waals surface area contributed by atoms with Crippen LogP contribution in [0.3, 0.4) is 0 Å². The van der Waals surface area contributed by atoms with Gasteiger partial charge in [0, 0.05) is 0 Å². The van der Waals surface area contributed by atoms with E-state index in [9.17, 15) is 0 Å². The molecule has 2 aromatic carbocycles. The number of rotatable bonds is 13. The van der Waals surface area contributed by atoms with E-state index in [-0.39, 0.29) is 0 Å². The van der Waals surface area contributed by atoms with Crippen LogP contribution in [-0.2, 0) is 12.8 Å². The van der Waals surface area contributed by atoms with Crippen molar-refractivity contribution in [2.45, 2.75) is 64.2 Å². The van der Waals surface area contributed by atoms with E-state index in [1.165, 1.54) is 75.3 Å². The van der Waals surface area contributed by atoms with Gasteiger partial charge in [-0.1, -0.05) is 92.8 Å². The van der Waals surface area contributed by atoms with Crippen LogP contribution in [0.2, 0.25) is 0 Å². The van der Waals surface area contributed by atoms with Crippen molar-refractivity contribution < 1.29 is 0 Å². The minimum Gasteiger partial charge on any atom is -0.330 e. The summed E-state index contributed by atoms with van der Waals surface area (Å²) in [5, 5.41) is 0. The van der Waals surface area contributed by atoms with E-state index in [1.807, 2.05) is 0 Å². The Labute approximate surface area is 154 Å². The Hall–Kier alpha value is -1.60. The molecule has 0 atom stereocenters. The summed E-state index contributed by atoms with van der Waals surface area (Å²) in [4.78, 5) is 0. The number of benzene rings is 2. The topological polar surface area (TPSA) is 26.0 Å². The summed E-state index contributed by atoms with van der Waals surface area (Å²) < 4.78 is 0. The van der Waals surface area contributed by atoms with Crippen LogP contribution < -0.4 is 5.73 Å². The fourth-order valence-corrected chi connectivity index (χ4v) is 3.57. The maximum Gasteiger partial charge on any atom is -0.00773 e. The van der Waals surface area contributed by atoms with Gasteiger partial charge >= 0.3 is 0 Å². The van der Waals surface area contributed by atoms with Crippen molar-refractivity contribution in [3.8, 4) is 0 Å². The van der Waals surface area contributed by atoms with E-state index in [1.54, 1.807) is 0 Å². The Morgan fingerprint density at radius 1 is 0.560 bits per heavy atom. The van der Waals surface area contributed by atoms with Crippen molar-refractivity contribution in [2.75, 3.05) is 6.54 Å². The Morgan fingerprint density at radius 3 is 1.56 bits per heavy atom. The van der Waals surface area contributed by atoms with Crippen LogP contribution in [0.5, 0.6) is 0 Å². The second-order valence-electron chi connectivity index (χ2n) is 7.26. The zero-order chi connectivity index (χ0) is 17.6. The van der Waals surface area contributed by atoms with Crippen molar-refractivity contribution in [1.82, 2.24) is 0 Å². The first-order valence-electron chi connectivity index (χ1n) is 10.2. The average Bonchev–Trinajstić information content (AvgIpc) is 2.67. The summed E-state index contributed by atoms with van der Waals surface area (Å²) in [7, 11) is 0. The van der Waals surface area contributed by atoms with Crippen LogP contribution in [0.15, 0.2) is 60.7 Å². The molecule has 2 N–H and O–H groups in total. The van der Waals surface area contributed by atoms with Crippen LogP contribution >= 0.6 is 0 Å². The van der Waals surface area contributed by atoms with Gasteiger partial charge in [0.25, 0.3) is 0 Å². The molecule has 0 unspecified atom stereocenters. The van der Waals surface area contributed by atoms with Gasteiger partial charge in [0.1, 0.15) is 0 Å². The van der Waals surface area contributed by atoms with Gasteiger partial charge in [-0.15, -0.1) is 0 Å². The third kappa shape index (κ3) is 8.88. The molecule has 0 aliphatic heterocycles. The van der Waals surface area contributed by atoms with Gasteiger partial charge in [-0.25, -0.2) is 0 Å². The minimum atomic E-state index is 0.843. The lowest BCUT2D eigenvalue weighted by Gasteiger charge is -2.17. The lowest BCUT2D eigenvalue weighted by Crippen LogP contribution is -2.05. The van der Waals surface area contributed by atoms with E-state index in [2.05, 4.69) is 60.7 Å². The van der Waals surface area contributed by atoms with Gasteiger partial charge in [0.15, 0.2) is 0 Å². The van der Waals surface area contributed by atoms with Gasteiger partial charge < -0.3 is 5.73 Å². The number of hydrogen-bond donors (Lipinski definition) is 1. The van der Waals surface area contributed by atoms with Gasteiger partial charge in [-0.3, -0.25) is 0 Å². The summed E-state index contributed by atoms with van der Waals surface area (Å²) in [6, 6.07) is 21.9. The van der Waals surface area contributed by atoms with Crippen molar-refractivity contribution in [3.05, 3.63) is 71.8 Å². The van der Waals surface area contributed by atoms with Gasteiger partial charge in [0.05, 0.1) is 0 Å². The molecule has 0 saturated carbocycles. The predicted molar refractivity (Wildman–Crippen MR) is 110 cm³/mol. The highest BCUT2D eigenvalue weighted by molar-refractivity contribution is 5.15. The van der Waals surface area contributed by atoms with Gasteiger partial charge in [-0.2, -0.15) is 0 Å². The van der Waals surface area contributed by atoms with Crippen LogP contribution in [0.1, 0.15) is 62.5 Å². The molecule has 0 aliphatic carbocycles. The second kappa shape index (κ2) is 12.7. The second-order valence-corrected chi connectivity index (χ2v) is 7.26. The zero-order valence-corrected chi connectivity index (χ0v) is 15.7. The molecular formula is C24H35N. The van der Waals surface area contributed by atoms with E-state index < -0.39 is 0 Å². The van der Waals surface area contributed by atoms with E-state index in [0.29, 0.717) is 0 Å². The summed E-state index contributed by atoms with van der Waals surface area (Å²) in [6.45, 7) is 0.844. The van der Waals surface area contributed by atoms with Crippen LogP contribution in [-0.4, -0.2) is 6.54 Å². The lowest BCUT2D eigenvalue weighted by molar-refractivity contribution is 0.398. The highest BCUT2D eigenvalue weighted by atomic mass is 14.5. The van der Waals surface area contributed by atoms with E-state index >= 15 is 0 Å². The SMILES string of the molecule is NCCCCCCCC(CCc1ccccc1)CCc1ccccc1. The van der Waals surface area contributed by atoms with Gasteiger partial charge in [-0.05, 0) is 55.7 Å². The molecular weight excluding hydrogens is 302 g/mol. The molecule has 136 valence electrons. The first-order valence-corrected chi connectivity index (χ1v) is 10.2. The van der Waals surface area contributed by atoms with Crippen LogP contribution in [0, 0.1) is 5.92 Å². The van der Waals surface area contributed by atoms with Crippen molar-refractivity contribution >= 4 is 0 Å². The minimum absolute atomic E-state index is 0.843. The third-order valence-electron chi connectivity index (χ3n) is 5.18. The Kier molecular flexibility index (Phi) is 10.0. The summed E-state index contributed by atoms with van der Waals surface area (Å²) in [5.74, 6) is 0.843. The standard InChI is InChI=1S/C24H35N/c25-21-11-3-1-2-6-16-24(19-17-22-12-7-4-8-13-22)20-18-23-14-9-5-10-15-23/h4-5,7-10,12-15,24H,1-3,6,11,16-21,25H2. The Morgan fingerprint density at radius 2 is 1.04 bits per heavy atom. The van der Waals surface area contributed by atoms with Crippen LogP contribution in [0.25, 0.3) is 0 Å². The number of hydrogen-bond acceptors (Lipinski definition) is 1. The quantitative estimate of drug-likeness (QED) is 0.435. The monoisotopic (exact) mass is 337 g/mol. The van der Waals surface area contributed by atoms with E-state index in [4.69, 9.17) is 5.73 Å². The van der Waals surface area contributed by atoms with Gasteiger partial charge in [0.2, 0.25) is 0 Å². The number of nitrogens with two attached hydrogens (primary N) is 1. The largest absolute Gasteiger partial charge is 0.330 e. The molecule has 0 amide bonds. The number of unbranched alkanes of at least 4 members (excludes halogenated alkanes) is 4. The van der Waals surface area contributed by atoms with Crippen molar-refractivity contribution in [2.24, 2.45) is 11.7 Å². The highest BCUT2D eigenvalue weighted by Crippen LogP contribution is 2.23. The maximum atomic E-state index is 5.58. The molecule has 0 spiro atoms. The fraction of sp³-hybridized carbons (Fsp3) is 0.500. The molecule has 0 fully saturated rings. The fourth-order valence-electron chi connectivity index (χ4n) is 3.57. The van der Waals surface area contributed by atoms with E-state index in [0.717, 1.165) is 12.5 Å². The molecule has 0 aromatic heterocycles. The van der Waals surface area contributed by atoms with Crippen LogP contribution in [0.4, 0.5) is 0 Å². The molecule has 2 aromatic rings. The molecule has 25 heavy (non-hydrogen) atoms. The average molecular weight is 338 g/mol. The Bertz CT molecular complexity index is 491. The smallest absolute Gasteiger partial charge is 0.00773 e. The molecule has 2 rings (SSSR count). The third-order valence-corrected chi connectivity index (χ3v) is 5.18. The molecule has 0 heterocycles. The first kappa shape index (κ1) is 19.7. The van der Waals surface area contributed by atoms with Crippen molar-refractivity contribution in [3.63, 3.8) is 0 Å². The normalized spacial score (nSPS) is 11.1.